The number of fused-ring (bicyclic) bond motifs is 10. The van der Waals surface area contributed by atoms with Crippen LogP contribution in [0.15, 0.2) is 255 Å². The summed E-state index contributed by atoms with van der Waals surface area (Å²) in [6, 6.07) is 65.4. The number of para-hydroxylation sites is 2. The van der Waals surface area contributed by atoms with E-state index in [2.05, 4.69) is 214 Å². The fourth-order valence-corrected chi connectivity index (χ4v) is 18.5. The lowest BCUT2D eigenvalue weighted by atomic mass is 9.33. The van der Waals surface area contributed by atoms with Crippen molar-refractivity contribution in [2.45, 2.75) is 240 Å². The van der Waals surface area contributed by atoms with Gasteiger partial charge in [-0.1, -0.05) is 345 Å². The molecule has 0 fully saturated rings. The highest BCUT2D eigenvalue weighted by Gasteiger charge is 2.47. The lowest BCUT2D eigenvalue weighted by molar-refractivity contribution is 0.411. The van der Waals surface area contributed by atoms with E-state index < -0.39 is 111 Å². The second kappa shape index (κ2) is 30.5. The predicted molar refractivity (Wildman–Crippen MR) is 541 cm³/mol. The zero-order valence-corrected chi connectivity index (χ0v) is 78.0. The normalized spacial score (nSPS) is 16.4. The molecule has 632 valence electrons. The minimum Gasteiger partial charge on any atom is -0.310 e. The minimum atomic E-state index is -2.28. The molecule has 0 spiro atoms. The van der Waals surface area contributed by atoms with Crippen molar-refractivity contribution >= 4 is 101 Å². The number of hydrogen-bond acceptors (Lipinski definition) is 2. The second-order valence-corrected chi connectivity index (χ2v) is 44.1. The van der Waals surface area contributed by atoms with Crippen LogP contribution in [0.1, 0.15) is 262 Å². The molecule has 0 bridgehead atoms. The summed E-state index contributed by atoms with van der Waals surface area (Å²) >= 11 is 0. The van der Waals surface area contributed by atoms with Crippen LogP contribution in [0, 0.1) is 27.1 Å². The van der Waals surface area contributed by atoms with Gasteiger partial charge in [-0.25, -0.2) is 0 Å². The summed E-state index contributed by atoms with van der Waals surface area (Å²) in [5, 5.41) is 1.12. The van der Waals surface area contributed by atoms with E-state index in [-0.39, 0.29) is 51.5 Å². The number of hydrogen-bond donors (Lipinski definition) is 0. The number of benzene rings is 13. The molecule has 0 atom stereocenters. The van der Waals surface area contributed by atoms with Gasteiger partial charge in [-0.2, -0.15) is 0 Å². The van der Waals surface area contributed by atoms with Crippen molar-refractivity contribution in [2.75, 3.05) is 9.80 Å². The molecule has 17 rings (SSSR count). The van der Waals surface area contributed by atoms with Gasteiger partial charge in [0.15, 0.2) is 0 Å². The lowest BCUT2D eigenvalue weighted by Crippen LogP contribution is -2.61. The molecule has 0 radical (unpaired) electrons. The largest absolute Gasteiger partial charge is 0.310 e. The fourth-order valence-electron chi connectivity index (χ4n) is 18.5. The Balaban J connectivity index is 1.16. The SMILES string of the molecule is [2H]c1c([2H])c([2H])c2c(c1[2H])c1cc(C([2H])([2H])C(C)(C)C)ccc1n2-c1ccc2c(c1)N(c1c(-c3cccc(C(C)(C)C)c3)cc(C([2H])([2H])C(C)(C)C)cc1-c1cccc(C(C)(C)C)c1)c1cc(C([2H])([2H])C(C)(C)C)cc3c1B2c1ccc(-n2c4ccc(C([2H])([2H])C(C)(C)C)cc4c4c([2H])c([2H])c([2H])c([2H])c42)cc1N3c1c(-c2cccc(C(C)(C)C)c2)cc(C([2H])([2H])C(C)(C)C)cc1-c1cccc(C(C)(C)C)c1. The van der Waals surface area contributed by atoms with Crippen molar-refractivity contribution in [3.8, 4) is 55.9 Å². The Hall–Kier alpha value is -10.9. The van der Waals surface area contributed by atoms with Crippen molar-refractivity contribution in [1.82, 2.24) is 9.13 Å². The molecule has 0 amide bonds. The third-order valence-electron chi connectivity index (χ3n) is 23.8. The number of rotatable bonds is 13. The predicted octanol–water partition coefficient (Wildman–Crippen LogP) is 31.8. The van der Waals surface area contributed by atoms with Gasteiger partial charge in [-0.05, 0) is 266 Å². The molecule has 0 unspecified atom stereocenters. The first kappa shape index (κ1) is 65.7. The first-order chi connectivity index (χ1) is 65.3. The summed E-state index contributed by atoms with van der Waals surface area (Å²) in [5.74, 6) is 0. The number of nitrogens with zero attached hydrogens (tertiary/aromatic N) is 4. The summed E-state index contributed by atoms with van der Waals surface area (Å²) in [4.78, 5) is 4.51. The Morgan fingerprint density at radius 1 is 0.266 bits per heavy atom. The van der Waals surface area contributed by atoms with E-state index in [1.54, 1.807) is 24.3 Å². The first-order valence-corrected chi connectivity index (χ1v) is 44.3. The molecule has 0 N–H and O–H groups in total. The molecule has 0 saturated heterocycles. The van der Waals surface area contributed by atoms with Crippen molar-refractivity contribution < 1.29 is 24.7 Å². The Morgan fingerprint density at radius 2 is 0.556 bits per heavy atom. The standard InChI is InChI=1S/C119H133BN4/c1-111(2,3)70-75-48-54-102-96(56-75)90-44-28-30-46-100(90)121(102)88-50-52-98-104(68-88)123(109-92(80-36-32-40-84(64-80)116(16,17)18)58-77(72-113(7,8)9)59-93(109)81-37-33-41-85(65-81)117(19,20)21)106-62-79(74-115(13,14)15)63-107-108(106)120(98)99-53-51-89(122-101-47-31-29-45-91(101)97-57-76(49-55-103(97)122)71-112(4,5)6)69-105(99)124(107)110-94(82-38-34-42-86(66-82)118(22,23)24)60-78(73-114(10,11)12)61-95(110)83-39-35-43-87(67-83)119(25,26)27/h28-69H,70-74H2,1-27H3/i28D,29D,30D,31D,44D,45D,46D,47D,70D2,71D2,72D2,73D2,74D2. The van der Waals surface area contributed by atoms with Crippen LogP contribution in [-0.4, -0.2) is 15.8 Å². The number of anilines is 6. The maximum atomic E-state index is 11.3. The van der Waals surface area contributed by atoms with Crippen LogP contribution >= 0.6 is 0 Å². The third kappa shape index (κ3) is 16.7. The minimum absolute atomic E-state index is 0.132. The van der Waals surface area contributed by atoms with E-state index >= 15 is 0 Å². The molecule has 4 heterocycles. The van der Waals surface area contributed by atoms with Crippen molar-refractivity contribution in [3.63, 3.8) is 0 Å². The summed E-state index contributed by atoms with van der Waals surface area (Å²) in [6.45, 7) is 53.2. The Bertz CT molecular complexity index is 7160. The van der Waals surface area contributed by atoms with Gasteiger partial charge in [0.1, 0.15) is 0 Å². The summed E-state index contributed by atoms with van der Waals surface area (Å²) in [7, 11) is 0. The summed E-state index contributed by atoms with van der Waals surface area (Å²) in [5.41, 5.74) is 11.4. The van der Waals surface area contributed by atoms with Gasteiger partial charge in [0.05, 0.1) is 44.4 Å². The van der Waals surface area contributed by atoms with Gasteiger partial charge in [-0.15, -0.1) is 0 Å². The molecule has 2 aliphatic heterocycles. The molecule has 124 heavy (non-hydrogen) atoms. The lowest BCUT2D eigenvalue weighted by Gasteiger charge is -2.46. The quantitative estimate of drug-likeness (QED) is 0.107. The van der Waals surface area contributed by atoms with E-state index in [0.717, 1.165) is 44.5 Å². The smallest absolute Gasteiger partial charge is 0.252 e. The second-order valence-electron chi connectivity index (χ2n) is 44.1. The van der Waals surface area contributed by atoms with Crippen LogP contribution in [-0.2, 0) is 53.5 Å². The molecule has 4 nitrogen and oxygen atoms in total. The molecule has 5 heteroatoms. The molecular formula is C119H133BN4. The van der Waals surface area contributed by atoms with Crippen molar-refractivity contribution in [1.29, 1.82) is 0 Å². The highest BCUT2D eigenvalue weighted by molar-refractivity contribution is 7.00. The summed E-state index contributed by atoms with van der Waals surface area (Å²) < 4.78 is 187. The van der Waals surface area contributed by atoms with Gasteiger partial charge in [-0.3, -0.25) is 0 Å². The Morgan fingerprint density at radius 3 is 0.855 bits per heavy atom. The van der Waals surface area contributed by atoms with Crippen LogP contribution in [0.3, 0.4) is 0 Å². The average Bonchev–Trinajstić information content (AvgIpc) is 0.772. The van der Waals surface area contributed by atoms with Crippen molar-refractivity contribution in [3.05, 3.63) is 305 Å². The third-order valence-corrected chi connectivity index (χ3v) is 23.8. The zero-order valence-electron chi connectivity index (χ0n) is 96.0. The fraction of sp³-hybridized carbons (Fsp3) is 0.345. The van der Waals surface area contributed by atoms with E-state index in [4.69, 9.17) is 0 Å². The molecular weight excluding hydrogens is 1500 g/mol. The van der Waals surface area contributed by atoms with Crippen LogP contribution in [0.5, 0.6) is 0 Å². The maximum Gasteiger partial charge on any atom is 0.252 e. The molecule has 13 aromatic carbocycles. The first-order valence-electron chi connectivity index (χ1n) is 53.3. The van der Waals surface area contributed by atoms with Gasteiger partial charge in [0.2, 0.25) is 0 Å². The average molecular weight is 1650 g/mol. The molecule has 2 aliphatic rings. The van der Waals surface area contributed by atoms with Crippen LogP contribution < -0.4 is 26.2 Å². The van der Waals surface area contributed by atoms with E-state index in [1.807, 2.05) is 174 Å². The Kier molecular flexibility index (Phi) is 16.2. The van der Waals surface area contributed by atoms with Gasteiger partial charge in [0, 0.05) is 91.6 Å². The van der Waals surface area contributed by atoms with Crippen LogP contribution in [0.2, 0.25) is 0 Å². The monoisotopic (exact) mass is 1650 g/mol. The highest BCUT2D eigenvalue weighted by atomic mass is 15.2. The zero-order chi connectivity index (χ0) is 104. The Labute approximate surface area is 768 Å². The van der Waals surface area contributed by atoms with Gasteiger partial charge < -0.3 is 18.9 Å². The van der Waals surface area contributed by atoms with Crippen LogP contribution in [0.25, 0.3) is 99.5 Å². The van der Waals surface area contributed by atoms with Gasteiger partial charge >= 0.3 is 0 Å². The molecule has 0 saturated carbocycles. The van der Waals surface area contributed by atoms with Crippen LogP contribution in [0.4, 0.5) is 34.1 Å². The van der Waals surface area contributed by atoms with Crippen molar-refractivity contribution in [2.24, 2.45) is 27.1 Å². The molecule has 2 aromatic heterocycles. The number of aromatic nitrogens is 2. The highest BCUT2D eigenvalue weighted by Crippen LogP contribution is 2.56. The maximum absolute atomic E-state index is 11.3. The molecule has 15 aromatic rings. The topological polar surface area (TPSA) is 16.3 Å². The summed E-state index contributed by atoms with van der Waals surface area (Å²) in [6.07, 6.45) is -10.3. The van der Waals surface area contributed by atoms with E-state index in [9.17, 15) is 24.7 Å². The van der Waals surface area contributed by atoms with E-state index in [1.165, 1.54) is 0 Å². The van der Waals surface area contributed by atoms with Gasteiger partial charge in [0.25, 0.3) is 6.71 Å². The van der Waals surface area contributed by atoms with E-state index in [0.29, 0.717) is 128 Å². The molecule has 0 aliphatic carbocycles.